The minimum atomic E-state index is -1.07. The van der Waals surface area contributed by atoms with Gasteiger partial charge in [0.25, 0.3) is 11.7 Å². The summed E-state index contributed by atoms with van der Waals surface area (Å²) in [5, 5.41) is 9.35. The minimum Gasteiger partial charge on any atom is -0.456 e. The summed E-state index contributed by atoms with van der Waals surface area (Å²) in [5.74, 6) is -4.12. The average molecular weight is 583 g/mol. The molecule has 1 aliphatic rings. The van der Waals surface area contributed by atoms with Gasteiger partial charge in [0.15, 0.2) is 0 Å². The fraction of sp³-hybridized carbons (Fsp3) is 0.414. The number of anilines is 1. The number of rotatable bonds is 6. The summed E-state index contributed by atoms with van der Waals surface area (Å²) >= 11 is 1.16. The molecule has 0 bridgehead atoms. The molecule has 0 aliphatic carbocycles. The van der Waals surface area contributed by atoms with Crippen LogP contribution in [0, 0.1) is 0 Å². The number of carbonyl (C=O) groups is 5. The van der Waals surface area contributed by atoms with Crippen molar-refractivity contribution in [2.24, 2.45) is 0 Å². The number of Topliss-reactive ketones (excluding diaryl/α,β-unsaturated/α-hetero) is 1. The summed E-state index contributed by atoms with van der Waals surface area (Å²) < 4.78 is 10.8. The second kappa shape index (κ2) is 11.5. The Morgan fingerprint density at radius 1 is 0.976 bits per heavy atom. The molecule has 2 aromatic heterocycles. The number of ketones is 1. The van der Waals surface area contributed by atoms with E-state index in [1.165, 1.54) is 6.20 Å². The van der Waals surface area contributed by atoms with Crippen LogP contribution >= 0.6 is 11.3 Å². The Morgan fingerprint density at radius 3 is 2.34 bits per heavy atom. The van der Waals surface area contributed by atoms with E-state index in [0.717, 1.165) is 21.7 Å². The number of ether oxygens (including phenoxy) is 2. The average Bonchev–Trinajstić information content (AvgIpc) is 3.45. The molecular weight excluding hydrogens is 548 g/mol. The number of benzene rings is 1. The van der Waals surface area contributed by atoms with Crippen LogP contribution in [0.2, 0.25) is 0 Å². The van der Waals surface area contributed by atoms with Crippen LogP contribution in [0.1, 0.15) is 72.7 Å². The molecule has 0 saturated heterocycles. The molecular formula is C29H34N4O7S. The minimum absolute atomic E-state index is 0.121. The van der Waals surface area contributed by atoms with E-state index in [9.17, 15) is 24.0 Å². The second-order valence-electron chi connectivity index (χ2n) is 11.7. The first-order chi connectivity index (χ1) is 19.1. The smallest absolute Gasteiger partial charge is 0.397 e. The molecule has 1 unspecified atom stereocenters. The highest BCUT2D eigenvalue weighted by Crippen LogP contribution is 2.37. The molecule has 0 radical (unpaired) electrons. The zero-order chi connectivity index (χ0) is 30.1. The van der Waals surface area contributed by atoms with E-state index < -0.39 is 40.7 Å². The second-order valence-corrected chi connectivity index (χ2v) is 12.8. The highest BCUT2D eigenvalue weighted by Gasteiger charge is 2.34. The zero-order valence-electron chi connectivity index (χ0n) is 23.9. The van der Waals surface area contributed by atoms with Gasteiger partial charge in [0, 0.05) is 41.1 Å². The van der Waals surface area contributed by atoms with Crippen LogP contribution in [0.15, 0.2) is 30.5 Å². The predicted molar refractivity (Wildman–Crippen MR) is 154 cm³/mol. The number of carbonyl (C=O) groups excluding carboxylic acids is 5. The number of aromatic amines is 1. The molecule has 0 spiro atoms. The number of para-hydroxylation sites is 1. The van der Waals surface area contributed by atoms with Crippen molar-refractivity contribution < 1.29 is 33.4 Å². The van der Waals surface area contributed by atoms with Crippen LogP contribution < -0.4 is 16.0 Å². The molecule has 3 heterocycles. The summed E-state index contributed by atoms with van der Waals surface area (Å²) in [7, 11) is 0. The summed E-state index contributed by atoms with van der Waals surface area (Å²) in [4.78, 5) is 67.5. The number of hydrogen-bond acceptors (Lipinski definition) is 9. The van der Waals surface area contributed by atoms with Gasteiger partial charge in [-0.1, -0.05) is 18.2 Å². The monoisotopic (exact) mass is 582 g/mol. The molecule has 1 aliphatic heterocycles. The Balaban J connectivity index is 1.50. The molecule has 0 fully saturated rings. The molecule has 218 valence electrons. The van der Waals surface area contributed by atoms with Crippen molar-refractivity contribution in [2.45, 2.75) is 71.8 Å². The largest absolute Gasteiger partial charge is 0.456 e. The first-order valence-corrected chi connectivity index (χ1v) is 14.0. The van der Waals surface area contributed by atoms with Crippen molar-refractivity contribution in [1.29, 1.82) is 0 Å². The van der Waals surface area contributed by atoms with Crippen LogP contribution in [0.5, 0.6) is 0 Å². The highest BCUT2D eigenvalue weighted by molar-refractivity contribution is 7.17. The molecule has 1 atom stereocenters. The van der Waals surface area contributed by atoms with Crippen LogP contribution in [-0.4, -0.2) is 58.3 Å². The van der Waals surface area contributed by atoms with Gasteiger partial charge in [0.1, 0.15) is 16.2 Å². The van der Waals surface area contributed by atoms with Crippen molar-refractivity contribution >= 4 is 56.8 Å². The topological polar surface area (TPSA) is 156 Å². The quantitative estimate of drug-likeness (QED) is 0.196. The Bertz CT molecular complexity index is 1520. The third kappa shape index (κ3) is 7.19. The third-order valence-electron chi connectivity index (χ3n) is 6.06. The molecule has 4 N–H and O–H groups in total. The van der Waals surface area contributed by atoms with Crippen LogP contribution in [0.3, 0.4) is 0 Å². The van der Waals surface area contributed by atoms with Crippen LogP contribution in [0.25, 0.3) is 10.9 Å². The van der Waals surface area contributed by atoms with Crippen molar-refractivity contribution in [1.82, 2.24) is 15.6 Å². The highest BCUT2D eigenvalue weighted by atomic mass is 32.1. The van der Waals surface area contributed by atoms with Crippen molar-refractivity contribution in [3.05, 3.63) is 52.0 Å². The lowest BCUT2D eigenvalue weighted by molar-refractivity contribution is -0.161. The number of hydrogen-bond donors (Lipinski definition) is 4. The van der Waals surface area contributed by atoms with Gasteiger partial charge in [0.05, 0.1) is 11.1 Å². The number of nitrogens with one attached hydrogen (secondary N) is 4. The van der Waals surface area contributed by atoms with Gasteiger partial charge >= 0.3 is 17.8 Å². The first-order valence-electron chi connectivity index (χ1n) is 13.2. The number of esters is 2. The summed E-state index contributed by atoms with van der Waals surface area (Å²) in [6, 6.07) is 6.90. The van der Waals surface area contributed by atoms with Gasteiger partial charge < -0.3 is 30.4 Å². The number of amides is 2. The lowest BCUT2D eigenvalue weighted by Gasteiger charge is -2.25. The SMILES string of the molecule is CC(C)(C)OC(=O)C(=O)Nc1sc2c(c1C(=O)OC(C)(C)C)CC(CNC(=O)C(=O)c1c[nH]c3ccccc13)NC2. The maximum Gasteiger partial charge on any atom is 0.397 e. The molecule has 4 rings (SSSR count). The molecule has 0 saturated carbocycles. The van der Waals surface area contributed by atoms with E-state index in [1.807, 2.05) is 12.1 Å². The van der Waals surface area contributed by atoms with Gasteiger partial charge in [-0.3, -0.25) is 14.4 Å². The number of thiophene rings is 1. The van der Waals surface area contributed by atoms with Crippen molar-refractivity contribution in [3.63, 3.8) is 0 Å². The predicted octanol–water partition coefficient (Wildman–Crippen LogP) is 3.48. The fourth-order valence-electron chi connectivity index (χ4n) is 4.36. The summed E-state index contributed by atoms with van der Waals surface area (Å²) in [6.07, 6.45) is 1.83. The molecule has 2 amide bonds. The lowest BCUT2D eigenvalue weighted by Crippen LogP contribution is -2.46. The van der Waals surface area contributed by atoms with Gasteiger partial charge in [-0.25, -0.2) is 9.59 Å². The maximum atomic E-state index is 13.3. The van der Waals surface area contributed by atoms with Gasteiger partial charge in [-0.05, 0) is 59.6 Å². The van der Waals surface area contributed by atoms with E-state index in [2.05, 4.69) is 20.9 Å². The number of fused-ring (bicyclic) bond motifs is 2. The molecule has 3 aromatic rings. The van der Waals surface area contributed by atoms with E-state index in [-0.39, 0.29) is 28.7 Å². The molecule has 12 heteroatoms. The molecule has 41 heavy (non-hydrogen) atoms. The molecule has 11 nitrogen and oxygen atoms in total. The standard InChI is InChI=1S/C29H34N4O7S/c1-28(2,3)39-26(37)21-17-11-15(12-32-23(35)22(34)18-13-31-19-10-8-7-9-16(18)19)30-14-20(17)41-25(21)33-24(36)27(38)40-29(4,5)6/h7-10,13,15,30-31H,11-12,14H2,1-6H3,(H,32,35)(H,33,36). The van der Waals surface area contributed by atoms with E-state index >= 15 is 0 Å². The third-order valence-corrected chi connectivity index (χ3v) is 7.20. The number of aromatic nitrogens is 1. The Kier molecular flexibility index (Phi) is 8.36. The van der Waals surface area contributed by atoms with Crippen molar-refractivity contribution in [3.8, 4) is 0 Å². The Labute approximate surface area is 241 Å². The van der Waals surface area contributed by atoms with Crippen molar-refractivity contribution in [2.75, 3.05) is 11.9 Å². The lowest BCUT2D eigenvalue weighted by atomic mass is 9.97. The van der Waals surface area contributed by atoms with E-state index in [0.29, 0.717) is 23.9 Å². The van der Waals surface area contributed by atoms with E-state index in [4.69, 9.17) is 9.47 Å². The maximum absolute atomic E-state index is 13.3. The van der Waals surface area contributed by atoms with Crippen LogP contribution in [0.4, 0.5) is 5.00 Å². The normalized spacial score (nSPS) is 15.1. The molecule has 1 aromatic carbocycles. The van der Waals surface area contributed by atoms with Crippen LogP contribution in [-0.2, 0) is 36.8 Å². The Morgan fingerprint density at radius 2 is 1.66 bits per heavy atom. The first kappa shape index (κ1) is 29.9. The summed E-state index contributed by atoms with van der Waals surface area (Å²) in [6.45, 7) is 10.6. The van der Waals surface area contributed by atoms with Gasteiger partial charge in [-0.2, -0.15) is 0 Å². The fourth-order valence-corrected chi connectivity index (χ4v) is 5.52. The van der Waals surface area contributed by atoms with Gasteiger partial charge in [-0.15, -0.1) is 11.3 Å². The zero-order valence-corrected chi connectivity index (χ0v) is 24.7. The summed E-state index contributed by atoms with van der Waals surface area (Å²) in [5.41, 5.74) is 0.170. The Hall–Kier alpha value is -4.03. The number of H-pyrrole nitrogens is 1. The van der Waals surface area contributed by atoms with E-state index in [1.54, 1.807) is 53.7 Å². The van der Waals surface area contributed by atoms with Gasteiger partial charge in [0.2, 0.25) is 0 Å².